The van der Waals surface area contributed by atoms with Gasteiger partial charge in [0.1, 0.15) is 0 Å². The number of hydrogen-bond donors (Lipinski definition) is 2. The quantitative estimate of drug-likeness (QED) is 0.656. The molecule has 1 aliphatic carbocycles. The van der Waals surface area contributed by atoms with Crippen LogP contribution in [0.1, 0.15) is 12.8 Å². The molecule has 6 heteroatoms. The SMILES string of the molecule is COCC(CNC(=O)[C@@H]1CC=CC[C@@H]1C(=O)O)OC. The summed E-state index contributed by atoms with van der Waals surface area (Å²) in [5.74, 6) is -2.32. The van der Waals surface area contributed by atoms with Gasteiger partial charge in [0.15, 0.2) is 0 Å². The number of nitrogens with one attached hydrogen (secondary N) is 1. The van der Waals surface area contributed by atoms with Crippen LogP contribution in [-0.4, -0.2) is 50.5 Å². The fraction of sp³-hybridized carbons (Fsp3) is 0.692. The standard InChI is InChI=1S/C13H21NO5/c1-18-8-9(19-2)7-14-12(15)10-5-3-4-6-11(10)13(16)17/h3-4,9-11H,5-8H2,1-2H3,(H,14,15)(H,16,17)/t9?,10-,11+/m1/s1. The average molecular weight is 271 g/mol. The van der Waals surface area contributed by atoms with E-state index in [4.69, 9.17) is 14.6 Å². The highest BCUT2D eigenvalue weighted by Crippen LogP contribution is 2.25. The Morgan fingerprint density at radius 3 is 2.47 bits per heavy atom. The Labute approximate surface area is 112 Å². The third kappa shape index (κ3) is 4.65. The third-order valence-electron chi connectivity index (χ3n) is 3.28. The van der Waals surface area contributed by atoms with E-state index in [0.717, 1.165) is 0 Å². The van der Waals surface area contributed by atoms with Crippen LogP contribution in [0.4, 0.5) is 0 Å². The second-order valence-electron chi connectivity index (χ2n) is 4.55. The highest BCUT2D eigenvalue weighted by atomic mass is 16.5. The highest BCUT2D eigenvalue weighted by molar-refractivity contribution is 5.85. The molecule has 0 fully saturated rings. The fourth-order valence-electron chi connectivity index (χ4n) is 2.12. The molecular formula is C13H21NO5. The van der Waals surface area contributed by atoms with Crippen molar-refractivity contribution in [3.63, 3.8) is 0 Å². The van der Waals surface area contributed by atoms with Gasteiger partial charge in [-0.25, -0.2) is 0 Å². The van der Waals surface area contributed by atoms with E-state index in [1.54, 1.807) is 14.2 Å². The molecule has 0 radical (unpaired) electrons. The summed E-state index contributed by atoms with van der Waals surface area (Å²) in [4.78, 5) is 23.1. The van der Waals surface area contributed by atoms with Gasteiger partial charge in [0, 0.05) is 20.8 Å². The summed E-state index contributed by atoms with van der Waals surface area (Å²) >= 11 is 0. The molecule has 108 valence electrons. The molecule has 0 bridgehead atoms. The summed E-state index contributed by atoms with van der Waals surface area (Å²) in [5.41, 5.74) is 0. The van der Waals surface area contributed by atoms with E-state index in [1.807, 2.05) is 12.2 Å². The summed E-state index contributed by atoms with van der Waals surface area (Å²) in [5, 5.41) is 11.8. The minimum absolute atomic E-state index is 0.226. The van der Waals surface area contributed by atoms with E-state index in [1.165, 1.54) is 0 Å². The van der Waals surface area contributed by atoms with Gasteiger partial charge in [0.2, 0.25) is 5.91 Å². The molecule has 0 spiro atoms. The minimum Gasteiger partial charge on any atom is -0.481 e. The van der Waals surface area contributed by atoms with Gasteiger partial charge in [0.05, 0.1) is 24.5 Å². The van der Waals surface area contributed by atoms with Crippen molar-refractivity contribution in [1.82, 2.24) is 5.32 Å². The van der Waals surface area contributed by atoms with Crippen molar-refractivity contribution in [2.45, 2.75) is 18.9 Å². The Bertz CT molecular complexity index is 342. The maximum absolute atomic E-state index is 12.0. The number of ether oxygens (including phenoxy) is 2. The summed E-state index contributed by atoms with van der Waals surface area (Å²) in [6.45, 7) is 0.694. The van der Waals surface area contributed by atoms with E-state index in [0.29, 0.717) is 26.0 Å². The molecule has 1 amide bonds. The third-order valence-corrected chi connectivity index (χ3v) is 3.28. The zero-order chi connectivity index (χ0) is 14.3. The van der Waals surface area contributed by atoms with Crippen molar-refractivity contribution < 1.29 is 24.2 Å². The number of hydrogen-bond acceptors (Lipinski definition) is 4. The van der Waals surface area contributed by atoms with E-state index in [2.05, 4.69) is 5.32 Å². The van der Waals surface area contributed by atoms with Crippen LogP contribution in [0.25, 0.3) is 0 Å². The maximum Gasteiger partial charge on any atom is 0.307 e. The second-order valence-corrected chi connectivity index (χ2v) is 4.55. The van der Waals surface area contributed by atoms with Crippen LogP contribution >= 0.6 is 0 Å². The van der Waals surface area contributed by atoms with Crippen molar-refractivity contribution in [3.8, 4) is 0 Å². The maximum atomic E-state index is 12.0. The second kappa shape index (κ2) is 7.91. The topological polar surface area (TPSA) is 84.9 Å². The first-order valence-corrected chi connectivity index (χ1v) is 6.27. The lowest BCUT2D eigenvalue weighted by molar-refractivity contribution is -0.147. The normalized spacial score (nSPS) is 23.9. The largest absolute Gasteiger partial charge is 0.481 e. The van der Waals surface area contributed by atoms with Crippen molar-refractivity contribution in [2.24, 2.45) is 11.8 Å². The first-order valence-electron chi connectivity index (χ1n) is 6.27. The highest BCUT2D eigenvalue weighted by Gasteiger charge is 2.33. The summed E-state index contributed by atoms with van der Waals surface area (Å²) < 4.78 is 10.1. The number of carboxylic acid groups (broad SMARTS) is 1. The molecule has 0 heterocycles. The molecule has 0 saturated carbocycles. The Kier molecular flexibility index (Phi) is 6.52. The van der Waals surface area contributed by atoms with Gasteiger partial charge in [-0.1, -0.05) is 12.2 Å². The number of rotatable bonds is 7. The van der Waals surface area contributed by atoms with Crippen LogP contribution in [0.2, 0.25) is 0 Å². The Morgan fingerprint density at radius 2 is 1.95 bits per heavy atom. The number of methoxy groups -OCH3 is 2. The van der Waals surface area contributed by atoms with Gasteiger partial charge in [0.25, 0.3) is 0 Å². The van der Waals surface area contributed by atoms with Crippen molar-refractivity contribution in [3.05, 3.63) is 12.2 Å². The zero-order valence-electron chi connectivity index (χ0n) is 11.3. The number of allylic oxidation sites excluding steroid dienone is 2. The molecule has 3 atom stereocenters. The molecule has 0 aliphatic heterocycles. The first-order chi connectivity index (χ1) is 9.10. The molecule has 0 aromatic heterocycles. The van der Waals surface area contributed by atoms with Gasteiger partial charge in [-0.05, 0) is 12.8 Å². The van der Waals surface area contributed by atoms with Gasteiger partial charge in [-0.2, -0.15) is 0 Å². The monoisotopic (exact) mass is 271 g/mol. The lowest BCUT2D eigenvalue weighted by atomic mass is 9.82. The predicted octanol–water partition coefficient (Wildman–Crippen LogP) is 0.431. The molecule has 0 aromatic rings. The molecule has 19 heavy (non-hydrogen) atoms. The first kappa shape index (κ1) is 15.7. The van der Waals surface area contributed by atoms with Crippen LogP contribution in [-0.2, 0) is 19.1 Å². The Morgan fingerprint density at radius 1 is 1.32 bits per heavy atom. The Hall–Kier alpha value is -1.40. The average Bonchev–Trinajstić information content (AvgIpc) is 2.43. The lowest BCUT2D eigenvalue weighted by Crippen LogP contribution is -2.42. The van der Waals surface area contributed by atoms with Crippen LogP contribution in [0.15, 0.2) is 12.2 Å². The number of carbonyl (C=O) groups is 2. The molecule has 1 aliphatic rings. The van der Waals surface area contributed by atoms with E-state index < -0.39 is 17.8 Å². The smallest absolute Gasteiger partial charge is 0.307 e. The van der Waals surface area contributed by atoms with E-state index in [9.17, 15) is 9.59 Å². The summed E-state index contributed by atoms with van der Waals surface area (Å²) in [6.07, 6.45) is 4.30. The minimum atomic E-state index is -0.926. The van der Waals surface area contributed by atoms with E-state index >= 15 is 0 Å². The number of carbonyl (C=O) groups excluding carboxylic acids is 1. The van der Waals surface area contributed by atoms with Crippen LogP contribution < -0.4 is 5.32 Å². The molecule has 0 saturated heterocycles. The molecule has 1 unspecified atom stereocenters. The molecular weight excluding hydrogens is 250 g/mol. The van der Waals surface area contributed by atoms with Crippen molar-refractivity contribution >= 4 is 11.9 Å². The van der Waals surface area contributed by atoms with Gasteiger partial charge >= 0.3 is 5.97 Å². The van der Waals surface area contributed by atoms with Crippen molar-refractivity contribution in [1.29, 1.82) is 0 Å². The zero-order valence-corrected chi connectivity index (χ0v) is 11.3. The van der Waals surface area contributed by atoms with E-state index in [-0.39, 0.29) is 12.0 Å². The molecule has 6 nitrogen and oxygen atoms in total. The van der Waals surface area contributed by atoms with Crippen molar-refractivity contribution in [2.75, 3.05) is 27.4 Å². The number of carboxylic acids is 1. The van der Waals surface area contributed by atoms with Gasteiger partial charge in [-0.15, -0.1) is 0 Å². The van der Waals surface area contributed by atoms with Crippen LogP contribution in [0.5, 0.6) is 0 Å². The van der Waals surface area contributed by atoms with Gasteiger partial charge < -0.3 is 19.9 Å². The fourth-order valence-corrected chi connectivity index (χ4v) is 2.12. The molecule has 0 aromatic carbocycles. The molecule has 1 rings (SSSR count). The summed E-state index contributed by atoms with van der Waals surface area (Å²) in [6, 6.07) is 0. The summed E-state index contributed by atoms with van der Waals surface area (Å²) in [7, 11) is 3.10. The molecule has 2 N–H and O–H groups in total. The number of aliphatic carboxylic acids is 1. The Balaban J connectivity index is 2.51. The van der Waals surface area contributed by atoms with Gasteiger partial charge in [-0.3, -0.25) is 9.59 Å². The van der Waals surface area contributed by atoms with Crippen LogP contribution in [0.3, 0.4) is 0 Å². The lowest BCUT2D eigenvalue weighted by Gasteiger charge is -2.25. The van der Waals surface area contributed by atoms with Crippen LogP contribution in [0, 0.1) is 11.8 Å². The predicted molar refractivity (Wildman–Crippen MR) is 68.7 cm³/mol. The number of amides is 1.